The number of halogens is 3. The second-order valence-corrected chi connectivity index (χ2v) is 3.57. The first kappa shape index (κ1) is 17.4. The molecule has 5 nitrogen and oxygen atoms in total. The summed E-state index contributed by atoms with van der Waals surface area (Å²) in [7, 11) is 0. The van der Waals surface area contributed by atoms with Gasteiger partial charge in [-0.25, -0.2) is 4.79 Å². The number of esters is 1. The zero-order valence-corrected chi connectivity index (χ0v) is 10.8. The normalized spacial score (nSPS) is 12.4. The number of nitrogens with two attached hydrogens (primary N) is 1. The molecule has 0 amide bonds. The van der Waals surface area contributed by atoms with E-state index in [1.807, 2.05) is 0 Å². The molecule has 0 bridgehead atoms. The summed E-state index contributed by atoms with van der Waals surface area (Å²) in [6.07, 6.45) is 0. The zero-order valence-electron chi connectivity index (χ0n) is 9.97. The Bertz CT molecular complexity index is 456. The minimum atomic E-state index is -3.92. The number of ether oxygens (including phenoxy) is 1. The molecule has 108 valence electrons. The number of phenolic OH excluding ortho intramolecular Hbond substituents is 2. The average Bonchev–Trinajstić information content (AvgIpc) is 2.32. The van der Waals surface area contributed by atoms with Crippen LogP contribution in [0.15, 0.2) is 18.2 Å². The van der Waals surface area contributed by atoms with Gasteiger partial charge in [0, 0.05) is 0 Å². The summed E-state index contributed by atoms with van der Waals surface area (Å²) in [4.78, 5) is 11.1. The summed E-state index contributed by atoms with van der Waals surface area (Å²) in [5.41, 5.74) is 5.09. The van der Waals surface area contributed by atoms with Crippen molar-refractivity contribution in [1.29, 1.82) is 0 Å². The van der Waals surface area contributed by atoms with Crippen molar-refractivity contribution in [2.75, 3.05) is 6.61 Å². The fourth-order valence-corrected chi connectivity index (χ4v) is 1.30. The third kappa shape index (κ3) is 3.68. The van der Waals surface area contributed by atoms with Crippen LogP contribution in [0.1, 0.15) is 18.5 Å². The summed E-state index contributed by atoms with van der Waals surface area (Å²) in [6, 6.07) is 0.995. The second-order valence-electron chi connectivity index (χ2n) is 3.57. The molecule has 0 saturated carbocycles. The summed E-state index contributed by atoms with van der Waals surface area (Å²) in [6.45, 7) is 1.20. The standard InChI is InChI=1S/C11H13F2NO4.ClH/c1-2-18-10(17)11(12,13)9(14)6-3-4-7(15)8(16)5-6;/h3-5,9,15-16H,2,14H2,1H3;1H/t9-;/m0./s1. The van der Waals surface area contributed by atoms with E-state index in [1.165, 1.54) is 6.92 Å². The van der Waals surface area contributed by atoms with E-state index in [0.29, 0.717) is 0 Å². The first-order valence-corrected chi connectivity index (χ1v) is 5.13. The highest BCUT2D eigenvalue weighted by molar-refractivity contribution is 5.85. The zero-order chi connectivity index (χ0) is 13.9. The summed E-state index contributed by atoms with van der Waals surface area (Å²) < 4.78 is 31.4. The number of carbonyl (C=O) groups is 1. The van der Waals surface area contributed by atoms with Crippen LogP contribution >= 0.6 is 12.4 Å². The minimum Gasteiger partial charge on any atom is -0.504 e. The van der Waals surface area contributed by atoms with Gasteiger partial charge in [-0.3, -0.25) is 0 Å². The minimum absolute atomic E-state index is 0. The molecular weight excluding hydrogens is 284 g/mol. The molecule has 0 unspecified atom stereocenters. The molecule has 19 heavy (non-hydrogen) atoms. The van der Waals surface area contributed by atoms with Crippen molar-refractivity contribution in [3.05, 3.63) is 23.8 Å². The van der Waals surface area contributed by atoms with Crippen LogP contribution in [-0.2, 0) is 9.53 Å². The van der Waals surface area contributed by atoms with Crippen LogP contribution < -0.4 is 5.73 Å². The van der Waals surface area contributed by atoms with E-state index >= 15 is 0 Å². The van der Waals surface area contributed by atoms with Crippen LogP contribution in [0.25, 0.3) is 0 Å². The monoisotopic (exact) mass is 297 g/mol. The predicted octanol–water partition coefficient (Wildman–Crippen LogP) is 1.72. The van der Waals surface area contributed by atoms with Gasteiger partial charge in [-0.1, -0.05) is 6.07 Å². The first-order chi connectivity index (χ1) is 8.30. The van der Waals surface area contributed by atoms with E-state index in [-0.39, 0.29) is 24.6 Å². The Morgan fingerprint density at radius 2 is 2.00 bits per heavy atom. The van der Waals surface area contributed by atoms with E-state index in [0.717, 1.165) is 18.2 Å². The van der Waals surface area contributed by atoms with Gasteiger partial charge in [-0.15, -0.1) is 12.4 Å². The van der Waals surface area contributed by atoms with Crippen LogP contribution in [0.3, 0.4) is 0 Å². The Kier molecular flexibility index (Phi) is 5.98. The Labute approximate surface area is 114 Å². The van der Waals surface area contributed by atoms with Crippen LogP contribution in [-0.4, -0.2) is 28.7 Å². The fraction of sp³-hybridized carbons (Fsp3) is 0.364. The van der Waals surface area contributed by atoms with Crippen LogP contribution in [0.4, 0.5) is 8.78 Å². The number of rotatable bonds is 4. The van der Waals surface area contributed by atoms with Crippen molar-refractivity contribution in [3.8, 4) is 11.5 Å². The van der Waals surface area contributed by atoms with Crippen LogP contribution in [0, 0.1) is 0 Å². The number of alkyl halides is 2. The van der Waals surface area contributed by atoms with E-state index in [9.17, 15) is 18.7 Å². The molecule has 0 aliphatic carbocycles. The second kappa shape index (κ2) is 6.53. The van der Waals surface area contributed by atoms with Gasteiger partial charge in [0.15, 0.2) is 11.5 Å². The highest BCUT2D eigenvalue weighted by atomic mass is 35.5. The van der Waals surface area contributed by atoms with Gasteiger partial charge >= 0.3 is 11.9 Å². The molecular formula is C11H14ClF2NO4. The highest BCUT2D eigenvalue weighted by Gasteiger charge is 2.47. The lowest BCUT2D eigenvalue weighted by Gasteiger charge is -2.22. The number of hydrogen-bond donors (Lipinski definition) is 3. The quantitative estimate of drug-likeness (QED) is 0.581. The largest absolute Gasteiger partial charge is 0.504 e. The van der Waals surface area contributed by atoms with Crippen LogP contribution in [0.5, 0.6) is 11.5 Å². The lowest BCUT2D eigenvalue weighted by Crippen LogP contribution is -2.41. The number of hydrogen-bond acceptors (Lipinski definition) is 5. The maximum absolute atomic E-state index is 13.6. The number of carbonyl (C=O) groups excluding carboxylic acids is 1. The molecule has 0 heterocycles. The molecule has 1 aromatic carbocycles. The van der Waals surface area contributed by atoms with Crippen molar-refractivity contribution in [3.63, 3.8) is 0 Å². The molecule has 0 radical (unpaired) electrons. The Hall–Kier alpha value is -1.60. The lowest BCUT2D eigenvalue weighted by atomic mass is 10.0. The van der Waals surface area contributed by atoms with Crippen molar-refractivity contribution < 1.29 is 28.5 Å². The van der Waals surface area contributed by atoms with Crippen molar-refractivity contribution in [2.24, 2.45) is 5.73 Å². The Balaban J connectivity index is 0.00000324. The predicted molar refractivity (Wildman–Crippen MR) is 65.5 cm³/mol. The molecule has 8 heteroatoms. The number of phenols is 2. The van der Waals surface area contributed by atoms with E-state index in [4.69, 9.17) is 10.8 Å². The molecule has 1 rings (SSSR count). The van der Waals surface area contributed by atoms with Gasteiger partial charge in [0.1, 0.15) is 6.04 Å². The van der Waals surface area contributed by atoms with Crippen molar-refractivity contribution >= 4 is 18.4 Å². The van der Waals surface area contributed by atoms with Gasteiger partial charge in [-0.2, -0.15) is 8.78 Å². The summed E-state index contributed by atoms with van der Waals surface area (Å²) in [5.74, 6) is -6.71. The topological polar surface area (TPSA) is 92.8 Å². The fourth-order valence-electron chi connectivity index (χ4n) is 1.30. The Morgan fingerprint density at radius 1 is 1.42 bits per heavy atom. The molecule has 1 aromatic rings. The molecule has 4 N–H and O–H groups in total. The molecule has 0 aliphatic rings. The van der Waals surface area contributed by atoms with Crippen molar-refractivity contribution in [2.45, 2.75) is 18.9 Å². The third-order valence-corrected chi connectivity index (χ3v) is 2.30. The summed E-state index contributed by atoms with van der Waals surface area (Å²) >= 11 is 0. The van der Waals surface area contributed by atoms with Gasteiger partial charge < -0.3 is 20.7 Å². The highest BCUT2D eigenvalue weighted by Crippen LogP contribution is 2.34. The third-order valence-electron chi connectivity index (χ3n) is 2.30. The van der Waals surface area contributed by atoms with Gasteiger partial charge in [-0.05, 0) is 24.6 Å². The maximum Gasteiger partial charge on any atom is 0.379 e. The molecule has 1 atom stereocenters. The van der Waals surface area contributed by atoms with Gasteiger partial charge in [0.2, 0.25) is 0 Å². The number of aromatic hydroxyl groups is 2. The molecule has 0 spiro atoms. The first-order valence-electron chi connectivity index (χ1n) is 5.13. The van der Waals surface area contributed by atoms with E-state index < -0.39 is 29.4 Å². The summed E-state index contributed by atoms with van der Waals surface area (Å²) in [5, 5.41) is 18.2. The lowest BCUT2D eigenvalue weighted by molar-refractivity contribution is -0.174. The molecule has 0 aliphatic heterocycles. The van der Waals surface area contributed by atoms with Gasteiger partial charge in [0.25, 0.3) is 0 Å². The maximum atomic E-state index is 13.6. The Morgan fingerprint density at radius 3 is 2.47 bits per heavy atom. The average molecular weight is 298 g/mol. The molecule has 0 saturated heterocycles. The number of benzene rings is 1. The smallest absolute Gasteiger partial charge is 0.379 e. The van der Waals surface area contributed by atoms with Crippen LogP contribution in [0.2, 0.25) is 0 Å². The van der Waals surface area contributed by atoms with E-state index in [1.54, 1.807) is 0 Å². The molecule has 0 fully saturated rings. The SMILES string of the molecule is CCOC(=O)C(F)(F)[C@@H](N)c1ccc(O)c(O)c1.Cl. The van der Waals surface area contributed by atoms with Crippen molar-refractivity contribution in [1.82, 2.24) is 0 Å². The molecule has 0 aromatic heterocycles. The van der Waals surface area contributed by atoms with Gasteiger partial charge in [0.05, 0.1) is 6.61 Å². The van der Waals surface area contributed by atoms with E-state index in [2.05, 4.69) is 4.74 Å².